The normalized spacial score (nSPS) is 9.60. The summed E-state index contributed by atoms with van der Waals surface area (Å²) in [5.74, 6) is 0. The summed E-state index contributed by atoms with van der Waals surface area (Å²) < 4.78 is 0. The summed E-state index contributed by atoms with van der Waals surface area (Å²) >= 11 is 0. The van der Waals surface area contributed by atoms with Gasteiger partial charge in [0, 0.05) is 0 Å². The Morgan fingerprint density at radius 3 is 1.80 bits per heavy atom. The third kappa shape index (κ3) is 3.84. The lowest BCUT2D eigenvalue weighted by Gasteiger charge is -1.92. The van der Waals surface area contributed by atoms with E-state index in [4.69, 9.17) is 5.26 Å². The minimum absolute atomic E-state index is 1.06. The van der Waals surface area contributed by atoms with Crippen molar-refractivity contribution >= 4 is 0 Å². The van der Waals surface area contributed by atoms with Crippen LogP contribution in [0.3, 0.4) is 0 Å². The molecule has 0 aliphatic rings. The maximum absolute atomic E-state index is 7.39. The predicted molar refractivity (Wildman–Crippen MR) is 15.9 cm³/mol. The van der Waals surface area contributed by atoms with Crippen molar-refractivity contribution in [1.82, 2.24) is 0 Å². The minimum atomic E-state index is -1.06. The summed E-state index contributed by atoms with van der Waals surface area (Å²) in [5, 5.41) is 7.39. The Morgan fingerprint density at radius 1 is 1.60 bits per heavy atom. The van der Waals surface area contributed by atoms with Gasteiger partial charge < -0.3 is 0 Å². The SMILES string of the molecule is NC(N)OO. The largest absolute Gasteiger partial charge is 0.291 e. The summed E-state index contributed by atoms with van der Waals surface area (Å²) in [7, 11) is 0. The van der Waals surface area contributed by atoms with E-state index in [1.54, 1.807) is 0 Å². The van der Waals surface area contributed by atoms with Crippen LogP contribution in [0.5, 0.6) is 0 Å². The van der Waals surface area contributed by atoms with Gasteiger partial charge in [0.25, 0.3) is 0 Å². The molecule has 0 bridgehead atoms. The van der Waals surface area contributed by atoms with E-state index in [2.05, 4.69) is 16.4 Å². The zero-order valence-corrected chi connectivity index (χ0v) is 2.59. The molecule has 5 N–H and O–H groups in total. The van der Waals surface area contributed by atoms with Crippen LogP contribution in [-0.2, 0) is 4.89 Å². The van der Waals surface area contributed by atoms with Gasteiger partial charge in [-0.05, 0) is 0 Å². The monoisotopic (exact) mass is 78.0 g/mol. The Kier molecular flexibility index (Phi) is 2.03. The van der Waals surface area contributed by atoms with Gasteiger partial charge in [-0.2, -0.15) is 0 Å². The molecule has 0 aromatic carbocycles. The lowest BCUT2D eigenvalue weighted by atomic mass is 11.1. The van der Waals surface area contributed by atoms with Crippen LogP contribution >= 0.6 is 0 Å². The third-order valence-corrected chi connectivity index (χ3v) is 0.122. The molecule has 0 saturated carbocycles. The zero-order valence-electron chi connectivity index (χ0n) is 2.59. The van der Waals surface area contributed by atoms with Crippen molar-refractivity contribution in [1.29, 1.82) is 0 Å². The first-order valence-electron chi connectivity index (χ1n) is 1.08. The van der Waals surface area contributed by atoms with E-state index in [-0.39, 0.29) is 0 Å². The highest BCUT2D eigenvalue weighted by Gasteiger charge is 1.81. The van der Waals surface area contributed by atoms with Gasteiger partial charge in [-0.1, -0.05) is 0 Å². The van der Waals surface area contributed by atoms with Crippen LogP contribution in [0.15, 0.2) is 0 Å². The molecular formula is CH6N2O2. The fourth-order valence-corrected chi connectivity index (χ4v) is 0. The molecular weight excluding hydrogens is 72.0 g/mol. The van der Waals surface area contributed by atoms with Crippen LogP contribution < -0.4 is 11.5 Å². The molecule has 0 radical (unpaired) electrons. The van der Waals surface area contributed by atoms with Crippen molar-refractivity contribution in [2.45, 2.75) is 6.35 Å². The highest BCUT2D eigenvalue weighted by atomic mass is 17.1. The lowest BCUT2D eigenvalue weighted by molar-refractivity contribution is -0.275. The van der Waals surface area contributed by atoms with Crippen molar-refractivity contribution < 1.29 is 10.1 Å². The fraction of sp³-hybridized carbons (Fsp3) is 1.00. The molecule has 0 aromatic rings. The number of hydrogen-bond acceptors (Lipinski definition) is 4. The second-order valence-corrected chi connectivity index (χ2v) is 0.570. The molecule has 0 rings (SSSR count). The summed E-state index contributed by atoms with van der Waals surface area (Å²) in [4.78, 5) is 3.31. The Balaban J connectivity index is 2.54. The maximum Gasteiger partial charge on any atom is 0.192 e. The fourth-order valence-electron chi connectivity index (χ4n) is 0. The van der Waals surface area contributed by atoms with E-state index in [1.165, 1.54) is 0 Å². The van der Waals surface area contributed by atoms with E-state index in [1.807, 2.05) is 0 Å². The van der Waals surface area contributed by atoms with Gasteiger partial charge in [-0.3, -0.25) is 11.5 Å². The summed E-state index contributed by atoms with van der Waals surface area (Å²) in [6, 6.07) is 0. The molecule has 0 aliphatic heterocycles. The first-order chi connectivity index (χ1) is 2.27. The van der Waals surface area contributed by atoms with E-state index in [9.17, 15) is 0 Å². The van der Waals surface area contributed by atoms with E-state index in [0.29, 0.717) is 0 Å². The van der Waals surface area contributed by atoms with Crippen LogP contribution in [0.25, 0.3) is 0 Å². The highest BCUT2D eigenvalue weighted by molar-refractivity contribution is 4.15. The molecule has 0 unspecified atom stereocenters. The molecule has 0 saturated heterocycles. The van der Waals surface area contributed by atoms with Crippen LogP contribution in [0, 0.1) is 0 Å². The molecule has 0 heterocycles. The van der Waals surface area contributed by atoms with Crippen LogP contribution in [-0.4, -0.2) is 11.6 Å². The number of hydrogen-bond donors (Lipinski definition) is 3. The van der Waals surface area contributed by atoms with Gasteiger partial charge in [-0.25, -0.2) is 10.1 Å². The molecule has 0 spiro atoms. The Hall–Kier alpha value is -0.160. The number of nitrogens with two attached hydrogens (primary N) is 2. The first kappa shape index (κ1) is 4.84. The molecule has 0 aromatic heterocycles. The quantitative estimate of drug-likeness (QED) is 0.206. The van der Waals surface area contributed by atoms with Gasteiger partial charge in [0.15, 0.2) is 6.35 Å². The van der Waals surface area contributed by atoms with Crippen molar-refractivity contribution in [3.63, 3.8) is 0 Å². The molecule has 0 aliphatic carbocycles. The highest BCUT2D eigenvalue weighted by Crippen LogP contribution is 1.53. The van der Waals surface area contributed by atoms with Crippen molar-refractivity contribution in [2.24, 2.45) is 11.5 Å². The van der Waals surface area contributed by atoms with Gasteiger partial charge in [0.05, 0.1) is 0 Å². The zero-order chi connectivity index (χ0) is 4.28. The van der Waals surface area contributed by atoms with Crippen molar-refractivity contribution in [2.75, 3.05) is 0 Å². The van der Waals surface area contributed by atoms with E-state index in [0.717, 1.165) is 0 Å². The summed E-state index contributed by atoms with van der Waals surface area (Å²) in [6.07, 6.45) is -1.06. The van der Waals surface area contributed by atoms with Gasteiger partial charge >= 0.3 is 0 Å². The van der Waals surface area contributed by atoms with Gasteiger partial charge in [0.2, 0.25) is 0 Å². The summed E-state index contributed by atoms with van der Waals surface area (Å²) in [6.45, 7) is 0. The number of rotatable bonds is 1. The third-order valence-electron chi connectivity index (χ3n) is 0.122. The second kappa shape index (κ2) is 2.10. The van der Waals surface area contributed by atoms with E-state index < -0.39 is 6.35 Å². The standard InChI is InChI=1S/CH6N2O2/c2-1(3)5-4/h1,4H,2-3H2. The topological polar surface area (TPSA) is 81.5 Å². The molecule has 4 nitrogen and oxygen atoms in total. The van der Waals surface area contributed by atoms with Gasteiger partial charge in [0.1, 0.15) is 0 Å². The first-order valence-corrected chi connectivity index (χ1v) is 1.08. The molecule has 5 heavy (non-hydrogen) atoms. The molecule has 0 atom stereocenters. The predicted octanol–water partition coefficient (Wildman–Crippen LogP) is -1.32. The molecule has 0 fully saturated rings. The Morgan fingerprint density at radius 2 is 1.80 bits per heavy atom. The molecule has 32 valence electrons. The average molecular weight is 78.1 g/mol. The lowest BCUT2D eigenvalue weighted by Crippen LogP contribution is -2.32. The molecule has 4 heteroatoms. The van der Waals surface area contributed by atoms with Crippen molar-refractivity contribution in [3.8, 4) is 0 Å². The van der Waals surface area contributed by atoms with Gasteiger partial charge in [-0.15, -0.1) is 0 Å². The maximum atomic E-state index is 7.39. The minimum Gasteiger partial charge on any atom is -0.291 e. The van der Waals surface area contributed by atoms with E-state index >= 15 is 0 Å². The summed E-state index contributed by atoms with van der Waals surface area (Å²) in [5.41, 5.74) is 9.19. The smallest absolute Gasteiger partial charge is 0.192 e. The van der Waals surface area contributed by atoms with Crippen LogP contribution in [0.2, 0.25) is 0 Å². The Labute approximate surface area is 29.3 Å². The Bertz CT molecular complexity index is 21.6. The van der Waals surface area contributed by atoms with Crippen LogP contribution in [0.1, 0.15) is 0 Å². The second-order valence-electron chi connectivity index (χ2n) is 0.570. The molecule has 0 amide bonds. The average Bonchev–Trinajstić information content (AvgIpc) is 1.38. The van der Waals surface area contributed by atoms with Crippen LogP contribution in [0.4, 0.5) is 0 Å². The van der Waals surface area contributed by atoms with Crippen molar-refractivity contribution in [3.05, 3.63) is 0 Å².